The van der Waals surface area contributed by atoms with Crippen molar-refractivity contribution in [3.63, 3.8) is 0 Å². The molecule has 0 unspecified atom stereocenters. The highest BCUT2D eigenvalue weighted by molar-refractivity contribution is 7.89. The lowest BCUT2D eigenvalue weighted by molar-refractivity contribution is -0.127. The van der Waals surface area contributed by atoms with Crippen molar-refractivity contribution in [2.24, 2.45) is 5.92 Å². The molecule has 0 spiro atoms. The lowest BCUT2D eigenvalue weighted by Crippen LogP contribution is -2.55. The Bertz CT molecular complexity index is 1240. The van der Waals surface area contributed by atoms with E-state index in [1.807, 2.05) is 12.1 Å². The smallest absolute Gasteiger partial charge is 0.251 e. The highest BCUT2D eigenvalue weighted by Gasteiger charge is 2.36. The molecule has 2 aromatic rings. The van der Waals surface area contributed by atoms with Crippen LogP contribution in [0.3, 0.4) is 0 Å². The first-order chi connectivity index (χ1) is 17.9. The van der Waals surface area contributed by atoms with E-state index < -0.39 is 21.8 Å². The number of nitrogens with one attached hydrogen (secondary N) is 2. The molecule has 1 aliphatic heterocycles. The molecule has 0 radical (unpaired) electrons. The summed E-state index contributed by atoms with van der Waals surface area (Å²) in [6.07, 6.45) is 4.54. The van der Waals surface area contributed by atoms with E-state index >= 15 is 0 Å². The van der Waals surface area contributed by atoms with Crippen molar-refractivity contribution >= 4 is 21.8 Å². The van der Waals surface area contributed by atoms with Gasteiger partial charge < -0.3 is 10.6 Å². The number of amides is 2. The van der Waals surface area contributed by atoms with Crippen LogP contribution in [-0.4, -0.2) is 49.7 Å². The predicted molar refractivity (Wildman–Crippen MR) is 145 cm³/mol. The number of piperidine rings is 1. The lowest BCUT2D eigenvalue weighted by atomic mass is 9.87. The Hall–Kier alpha value is -2.78. The summed E-state index contributed by atoms with van der Waals surface area (Å²) in [5.74, 6) is -1.35. The Morgan fingerprint density at radius 3 is 2.08 bits per heavy atom. The van der Waals surface area contributed by atoms with Gasteiger partial charge in [-0.1, -0.05) is 45.7 Å². The van der Waals surface area contributed by atoms with Gasteiger partial charge >= 0.3 is 0 Å². The third-order valence-corrected chi connectivity index (χ3v) is 9.51. The standard InChI is InChI=1S/C29H38FN3O4S/c1-29(2,3)22-12-16-24(17-13-22)38(36,37)33-18-6-7-21(19-33)28(35)32-26-9-5-4-8-25(26)31-27(34)20-10-14-23(30)15-11-20/h10-17,21,25-26H,4-9,18-19H2,1-3H3,(H,31,34)(H,32,35)/t21-,25-,26-/m1/s1. The summed E-state index contributed by atoms with van der Waals surface area (Å²) in [5.41, 5.74) is 1.35. The van der Waals surface area contributed by atoms with Crippen molar-refractivity contribution in [1.29, 1.82) is 0 Å². The lowest BCUT2D eigenvalue weighted by Gasteiger charge is -2.36. The second-order valence-electron chi connectivity index (χ2n) is 11.5. The second kappa shape index (κ2) is 11.5. The van der Waals surface area contributed by atoms with Crippen molar-refractivity contribution in [1.82, 2.24) is 14.9 Å². The van der Waals surface area contributed by atoms with Crippen LogP contribution in [0.5, 0.6) is 0 Å². The number of carbonyl (C=O) groups excluding carboxylic acids is 2. The molecule has 1 heterocycles. The largest absolute Gasteiger partial charge is 0.351 e. The summed E-state index contributed by atoms with van der Waals surface area (Å²) in [5, 5.41) is 6.11. The van der Waals surface area contributed by atoms with Crippen LogP contribution in [0.15, 0.2) is 53.4 Å². The van der Waals surface area contributed by atoms with Gasteiger partial charge in [0.2, 0.25) is 15.9 Å². The molecule has 0 bridgehead atoms. The Morgan fingerprint density at radius 2 is 1.47 bits per heavy atom. The molecule has 2 aliphatic rings. The number of hydrogen-bond donors (Lipinski definition) is 2. The Labute approximate surface area is 225 Å². The molecule has 1 aliphatic carbocycles. The third kappa shape index (κ3) is 6.61. The first-order valence-corrected chi connectivity index (χ1v) is 14.9. The molecule has 2 fully saturated rings. The zero-order chi connectivity index (χ0) is 27.5. The molecule has 38 heavy (non-hydrogen) atoms. The van der Waals surface area contributed by atoms with Crippen molar-refractivity contribution in [3.05, 3.63) is 65.5 Å². The summed E-state index contributed by atoms with van der Waals surface area (Å²) in [7, 11) is -3.71. The number of carbonyl (C=O) groups is 2. The minimum absolute atomic E-state index is 0.0773. The number of halogens is 1. The molecule has 206 valence electrons. The van der Waals surface area contributed by atoms with Gasteiger partial charge in [0.1, 0.15) is 5.82 Å². The number of hydrogen-bond acceptors (Lipinski definition) is 4. The zero-order valence-corrected chi connectivity index (χ0v) is 23.2. The minimum Gasteiger partial charge on any atom is -0.351 e. The Kier molecular flexibility index (Phi) is 8.57. The number of nitrogens with zero attached hydrogens (tertiary/aromatic N) is 1. The zero-order valence-electron chi connectivity index (χ0n) is 22.4. The van der Waals surface area contributed by atoms with Crippen molar-refractivity contribution < 1.29 is 22.4 Å². The molecule has 3 atom stereocenters. The average molecular weight is 544 g/mol. The van der Waals surface area contributed by atoms with E-state index in [0.29, 0.717) is 24.9 Å². The van der Waals surface area contributed by atoms with Crippen LogP contribution < -0.4 is 10.6 Å². The maximum absolute atomic E-state index is 13.4. The first-order valence-electron chi connectivity index (χ1n) is 13.4. The van der Waals surface area contributed by atoms with Crippen LogP contribution in [0.1, 0.15) is 75.2 Å². The molecule has 4 rings (SSSR count). The van der Waals surface area contributed by atoms with Crippen LogP contribution in [0.4, 0.5) is 4.39 Å². The first kappa shape index (κ1) is 28.2. The molecule has 1 saturated heterocycles. The molecule has 7 nitrogen and oxygen atoms in total. The molecule has 2 amide bonds. The van der Waals surface area contributed by atoms with Crippen LogP contribution in [0.2, 0.25) is 0 Å². The van der Waals surface area contributed by atoms with Gasteiger partial charge in [-0.15, -0.1) is 0 Å². The number of benzene rings is 2. The summed E-state index contributed by atoms with van der Waals surface area (Å²) < 4.78 is 41.4. The van der Waals surface area contributed by atoms with Gasteiger partial charge in [0, 0.05) is 30.7 Å². The fraction of sp³-hybridized carbons (Fsp3) is 0.517. The van der Waals surface area contributed by atoms with Crippen LogP contribution >= 0.6 is 0 Å². The molecule has 9 heteroatoms. The topological polar surface area (TPSA) is 95.6 Å². The third-order valence-electron chi connectivity index (χ3n) is 7.63. The summed E-state index contributed by atoms with van der Waals surface area (Å²) in [6.45, 7) is 6.75. The highest BCUT2D eigenvalue weighted by Crippen LogP contribution is 2.28. The molecule has 1 saturated carbocycles. The SMILES string of the molecule is CC(C)(C)c1ccc(S(=O)(=O)N2CCC[C@@H](C(=O)N[C@@H]3CCCC[C@H]3NC(=O)c3ccc(F)cc3)C2)cc1. The quantitative estimate of drug-likeness (QED) is 0.565. The molecular weight excluding hydrogens is 505 g/mol. The van der Waals surface area contributed by atoms with Gasteiger partial charge in [-0.2, -0.15) is 4.31 Å². The fourth-order valence-corrected chi connectivity index (χ4v) is 6.80. The fourth-order valence-electron chi connectivity index (χ4n) is 5.28. The van der Waals surface area contributed by atoms with E-state index in [0.717, 1.165) is 31.2 Å². The highest BCUT2D eigenvalue weighted by atomic mass is 32.2. The van der Waals surface area contributed by atoms with E-state index in [1.165, 1.54) is 28.6 Å². The Morgan fingerprint density at radius 1 is 0.868 bits per heavy atom. The maximum atomic E-state index is 13.4. The summed E-state index contributed by atoms with van der Waals surface area (Å²) in [4.78, 5) is 26.2. The second-order valence-corrected chi connectivity index (χ2v) is 13.4. The van der Waals surface area contributed by atoms with E-state index in [1.54, 1.807) is 12.1 Å². The summed E-state index contributed by atoms with van der Waals surface area (Å²) >= 11 is 0. The molecule has 2 N–H and O–H groups in total. The van der Waals surface area contributed by atoms with Crippen molar-refractivity contribution in [2.75, 3.05) is 13.1 Å². The predicted octanol–water partition coefficient (Wildman–Crippen LogP) is 4.38. The van der Waals surface area contributed by atoms with E-state index in [4.69, 9.17) is 0 Å². The normalized spacial score (nSPS) is 23.0. The maximum Gasteiger partial charge on any atom is 0.251 e. The van der Waals surface area contributed by atoms with Gasteiger partial charge in [0.15, 0.2) is 0 Å². The van der Waals surface area contributed by atoms with Gasteiger partial charge in [0.05, 0.1) is 10.8 Å². The number of rotatable bonds is 6. The van der Waals surface area contributed by atoms with Crippen LogP contribution in [0, 0.1) is 11.7 Å². The van der Waals surface area contributed by atoms with Crippen LogP contribution in [0.25, 0.3) is 0 Å². The molecule has 2 aromatic carbocycles. The van der Waals surface area contributed by atoms with Crippen LogP contribution in [-0.2, 0) is 20.2 Å². The molecule has 0 aromatic heterocycles. The van der Waals surface area contributed by atoms with Gasteiger partial charge in [-0.25, -0.2) is 12.8 Å². The monoisotopic (exact) mass is 543 g/mol. The van der Waals surface area contributed by atoms with Crippen molar-refractivity contribution in [2.45, 2.75) is 81.7 Å². The Balaban J connectivity index is 1.39. The van der Waals surface area contributed by atoms with E-state index in [-0.39, 0.29) is 40.8 Å². The molecular formula is C29H38FN3O4S. The minimum atomic E-state index is -3.71. The number of sulfonamides is 1. The van der Waals surface area contributed by atoms with Gasteiger partial charge in [0.25, 0.3) is 5.91 Å². The van der Waals surface area contributed by atoms with E-state index in [9.17, 15) is 22.4 Å². The van der Waals surface area contributed by atoms with Gasteiger partial charge in [-0.05, 0) is 73.1 Å². The van der Waals surface area contributed by atoms with E-state index in [2.05, 4.69) is 31.4 Å². The van der Waals surface area contributed by atoms with Crippen molar-refractivity contribution in [3.8, 4) is 0 Å². The van der Waals surface area contributed by atoms with Gasteiger partial charge in [-0.3, -0.25) is 9.59 Å². The summed E-state index contributed by atoms with van der Waals surface area (Å²) in [6, 6.07) is 11.9. The average Bonchev–Trinajstić information content (AvgIpc) is 2.90.